The van der Waals surface area contributed by atoms with E-state index >= 15 is 0 Å². The first-order valence-electron chi connectivity index (χ1n) is 5.10. The fourth-order valence-corrected chi connectivity index (χ4v) is 1.88. The molecule has 0 atom stereocenters. The van der Waals surface area contributed by atoms with Crippen molar-refractivity contribution in [2.24, 2.45) is 0 Å². The Kier molecular flexibility index (Phi) is 4.64. The minimum absolute atomic E-state index is 0.0582. The zero-order chi connectivity index (χ0) is 13.1. The summed E-state index contributed by atoms with van der Waals surface area (Å²) >= 11 is 0.393. The van der Waals surface area contributed by atoms with Gasteiger partial charge in [0, 0.05) is 25.2 Å². The van der Waals surface area contributed by atoms with Crippen LogP contribution < -0.4 is 5.32 Å². The maximum Gasteiger partial charge on any atom is 0.443 e. The molecule has 0 bridgehead atoms. The summed E-state index contributed by atoms with van der Waals surface area (Å²) in [6, 6.07) is 0.245. The molecule has 0 radical (unpaired) electrons. The van der Waals surface area contributed by atoms with Gasteiger partial charge in [0.15, 0.2) is 10.8 Å². The molecule has 7 heteroatoms. The predicted octanol–water partition coefficient (Wildman–Crippen LogP) is 2.73. The average molecular weight is 266 g/mol. The van der Waals surface area contributed by atoms with Gasteiger partial charge < -0.3 is 5.32 Å². The van der Waals surface area contributed by atoms with Gasteiger partial charge in [-0.25, -0.2) is 4.98 Å². The zero-order valence-corrected chi connectivity index (χ0v) is 10.3. The topological polar surface area (TPSA) is 42.0 Å². The van der Waals surface area contributed by atoms with Gasteiger partial charge in [0.05, 0.1) is 4.88 Å². The minimum Gasteiger partial charge on any atom is -0.314 e. The maximum absolute atomic E-state index is 12.2. The number of carbonyl (C=O) groups is 1. The molecule has 3 nitrogen and oxygen atoms in total. The lowest BCUT2D eigenvalue weighted by Gasteiger charge is -2.05. The summed E-state index contributed by atoms with van der Waals surface area (Å²) in [5.41, 5.74) is 0. The second-order valence-electron chi connectivity index (χ2n) is 3.81. The lowest BCUT2D eigenvalue weighted by Crippen LogP contribution is -2.25. The van der Waals surface area contributed by atoms with Crippen molar-refractivity contribution < 1.29 is 18.0 Å². The Labute approximate surface area is 101 Å². The van der Waals surface area contributed by atoms with E-state index in [1.165, 1.54) is 0 Å². The third kappa shape index (κ3) is 4.43. The molecule has 0 aliphatic carbocycles. The van der Waals surface area contributed by atoms with Gasteiger partial charge >= 0.3 is 6.18 Å². The van der Waals surface area contributed by atoms with Gasteiger partial charge in [0.25, 0.3) is 0 Å². The van der Waals surface area contributed by atoms with Crippen LogP contribution in [0.5, 0.6) is 0 Å². The summed E-state index contributed by atoms with van der Waals surface area (Å²) in [5.74, 6) is -0.314. The summed E-state index contributed by atoms with van der Waals surface area (Å²) in [6.07, 6.45) is -3.30. The van der Waals surface area contributed by atoms with E-state index in [1.54, 1.807) is 0 Å². The fraction of sp³-hybridized carbons (Fsp3) is 0.600. The summed E-state index contributed by atoms with van der Waals surface area (Å²) in [4.78, 5) is 14.8. The van der Waals surface area contributed by atoms with Crippen molar-refractivity contribution in [3.05, 3.63) is 16.1 Å². The van der Waals surface area contributed by atoms with Crippen LogP contribution in [0.3, 0.4) is 0 Å². The molecular weight excluding hydrogens is 253 g/mol. The molecule has 0 aliphatic rings. The largest absolute Gasteiger partial charge is 0.443 e. The number of alkyl halides is 3. The summed E-state index contributed by atoms with van der Waals surface area (Å²) in [5, 5.41) is 2.05. The van der Waals surface area contributed by atoms with Gasteiger partial charge in [-0.05, 0) is 0 Å². The molecule has 1 aromatic rings. The highest BCUT2D eigenvalue weighted by atomic mass is 32.1. The smallest absolute Gasteiger partial charge is 0.314 e. The van der Waals surface area contributed by atoms with E-state index in [4.69, 9.17) is 0 Å². The molecule has 17 heavy (non-hydrogen) atoms. The molecule has 1 rings (SSSR count). The first kappa shape index (κ1) is 14.1. The molecule has 0 aliphatic heterocycles. The monoisotopic (exact) mass is 266 g/mol. The number of hydrogen-bond donors (Lipinski definition) is 1. The lowest BCUT2D eigenvalue weighted by molar-refractivity contribution is -0.137. The molecule has 1 N–H and O–H groups in total. The minimum atomic E-state index is -4.47. The first-order valence-corrected chi connectivity index (χ1v) is 5.92. The molecule has 0 saturated carbocycles. The van der Waals surface area contributed by atoms with Crippen LogP contribution in [0.1, 0.15) is 34.9 Å². The lowest BCUT2D eigenvalue weighted by atomic mass is 10.2. The number of rotatable bonds is 5. The molecule has 1 aromatic heterocycles. The molecule has 96 valence electrons. The number of halogens is 3. The number of aromatic nitrogens is 1. The third-order valence-corrected chi connectivity index (χ3v) is 3.01. The van der Waals surface area contributed by atoms with E-state index < -0.39 is 11.2 Å². The molecule has 0 aromatic carbocycles. The van der Waals surface area contributed by atoms with Gasteiger partial charge in [-0.1, -0.05) is 13.8 Å². The van der Waals surface area contributed by atoms with Gasteiger partial charge in [-0.3, -0.25) is 4.79 Å². The van der Waals surface area contributed by atoms with E-state index in [-0.39, 0.29) is 23.1 Å². The van der Waals surface area contributed by atoms with Crippen molar-refractivity contribution in [2.75, 3.05) is 6.54 Å². The zero-order valence-electron chi connectivity index (χ0n) is 9.47. The van der Waals surface area contributed by atoms with Crippen molar-refractivity contribution in [3.8, 4) is 0 Å². The molecule has 0 unspecified atom stereocenters. The first-order chi connectivity index (χ1) is 7.80. The molecular formula is C10H13F3N2OS. The Morgan fingerprint density at radius 3 is 2.65 bits per heavy atom. The standard InChI is InChI=1S/C10H13F3N2OS/c1-6(2)14-4-3-7(16)8-5-15-9(17-8)10(11,12)13/h5-6,14H,3-4H2,1-2H3. The summed E-state index contributed by atoms with van der Waals surface area (Å²) in [6.45, 7) is 4.31. The molecule has 0 spiro atoms. The highest BCUT2D eigenvalue weighted by Gasteiger charge is 2.35. The number of nitrogens with one attached hydrogen (secondary N) is 1. The highest BCUT2D eigenvalue weighted by molar-refractivity contribution is 7.13. The van der Waals surface area contributed by atoms with Crippen molar-refractivity contribution in [2.45, 2.75) is 32.5 Å². The number of carbonyl (C=O) groups excluding carboxylic acids is 1. The van der Waals surface area contributed by atoms with E-state index in [0.717, 1.165) is 6.20 Å². The van der Waals surface area contributed by atoms with Crippen molar-refractivity contribution in [1.29, 1.82) is 0 Å². The van der Waals surface area contributed by atoms with Gasteiger partial charge in [-0.15, -0.1) is 11.3 Å². The second-order valence-corrected chi connectivity index (χ2v) is 4.84. The van der Waals surface area contributed by atoms with E-state index in [9.17, 15) is 18.0 Å². The van der Waals surface area contributed by atoms with Crippen LogP contribution in [-0.4, -0.2) is 23.4 Å². The average Bonchev–Trinajstić information content (AvgIpc) is 2.64. The number of Topliss-reactive ketones (excluding diaryl/α,β-unsaturated/α-hetero) is 1. The van der Waals surface area contributed by atoms with E-state index in [1.807, 2.05) is 13.8 Å². The van der Waals surface area contributed by atoms with Crippen LogP contribution in [0.15, 0.2) is 6.20 Å². The van der Waals surface area contributed by atoms with Crippen molar-refractivity contribution >= 4 is 17.1 Å². The highest BCUT2D eigenvalue weighted by Crippen LogP contribution is 2.32. The molecule has 0 amide bonds. The molecule has 0 fully saturated rings. The summed E-state index contributed by atoms with van der Waals surface area (Å²) in [7, 11) is 0. The molecule has 1 heterocycles. The third-order valence-electron chi connectivity index (χ3n) is 1.93. The van der Waals surface area contributed by atoms with E-state index in [0.29, 0.717) is 17.9 Å². The van der Waals surface area contributed by atoms with Crippen LogP contribution in [0.2, 0.25) is 0 Å². The Bertz CT molecular complexity index is 387. The van der Waals surface area contributed by atoms with E-state index in [2.05, 4.69) is 10.3 Å². The van der Waals surface area contributed by atoms with Crippen molar-refractivity contribution in [1.82, 2.24) is 10.3 Å². The summed E-state index contributed by atoms with van der Waals surface area (Å²) < 4.78 is 36.7. The van der Waals surface area contributed by atoms with Crippen LogP contribution in [-0.2, 0) is 6.18 Å². The number of nitrogens with zero attached hydrogens (tertiary/aromatic N) is 1. The fourth-order valence-electron chi connectivity index (χ4n) is 1.13. The van der Waals surface area contributed by atoms with Crippen LogP contribution in [0.4, 0.5) is 13.2 Å². The quantitative estimate of drug-likeness (QED) is 0.833. The predicted molar refractivity (Wildman–Crippen MR) is 59.2 cm³/mol. The van der Waals surface area contributed by atoms with Gasteiger partial charge in [0.2, 0.25) is 0 Å². The Balaban J connectivity index is 2.56. The van der Waals surface area contributed by atoms with Crippen molar-refractivity contribution in [3.63, 3.8) is 0 Å². The van der Waals surface area contributed by atoms with Crippen LogP contribution in [0.25, 0.3) is 0 Å². The normalized spacial score (nSPS) is 12.1. The Hall–Kier alpha value is -0.950. The number of hydrogen-bond acceptors (Lipinski definition) is 4. The van der Waals surface area contributed by atoms with Gasteiger partial charge in [0.1, 0.15) is 0 Å². The van der Waals surface area contributed by atoms with Crippen LogP contribution in [0, 0.1) is 0 Å². The second kappa shape index (κ2) is 5.59. The van der Waals surface area contributed by atoms with Gasteiger partial charge in [-0.2, -0.15) is 13.2 Å². The maximum atomic E-state index is 12.2. The molecule has 0 saturated heterocycles. The van der Waals surface area contributed by atoms with Crippen LogP contribution >= 0.6 is 11.3 Å². The number of thiazole rings is 1. The SMILES string of the molecule is CC(C)NCCC(=O)c1cnc(C(F)(F)F)s1. The Morgan fingerprint density at radius 1 is 1.53 bits per heavy atom. The Morgan fingerprint density at radius 2 is 2.18 bits per heavy atom. The number of ketones is 1.